The van der Waals surface area contributed by atoms with Crippen molar-refractivity contribution in [3.05, 3.63) is 23.8 Å². The van der Waals surface area contributed by atoms with Crippen molar-refractivity contribution in [2.75, 3.05) is 25.1 Å². The van der Waals surface area contributed by atoms with Gasteiger partial charge in [-0.1, -0.05) is 18.8 Å². The highest BCUT2D eigenvalue weighted by Crippen LogP contribution is 2.28. The zero-order valence-electron chi connectivity index (χ0n) is 12.7. The Morgan fingerprint density at radius 3 is 3.05 bits per heavy atom. The maximum atomic E-state index is 11.0. The van der Waals surface area contributed by atoms with Crippen LogP contribution < -0.4 is 15.0 Å². The first-order valence-electron chi connectivity index (χ1n) is 7.44. The summed E-state index contributed by atoms with van der Waals surface area (Å²) < 4.78 is 5.68. The Kier molecular flexibility index (Phi) is 5.65. The molecule has 21 heavy (non-hydrogen) atoms. The van der Waals surface area contributed by atoms with Gasteiger partial charge in [0.25, 0.3) is 0 Å². The van der Waals surface area contributed by atoms with Gasteiger partial charge < -0.3 is 15.0 Å². The minimum atomic E-state index is 0.285. The van der Waals surface area contributed by atoms with Gasteiger partial charge in [-0.25, -0.2) is 0 Å². The maximum Gasteiger partial charge on any atom is 0.213 e. The normalized spacial score (nSPS) is 17.0. The lowest BCUT2D eigenvalue weighted by molar-refractivity contribution is -0.107. The van der Waals surface area contributed by atoms with Crippen molar-refractivity contribution in [3.63, 3.8) is 0 Å². The number of amides is 1. The molecule has 0 spiro atoms. The number of hydrogen-bond acceptors (Lipinski definition) is 3. The fourth-order valence-corrected chi connectivity index (χ4v) is 2.24. The number of rotatable bonds is 5. The molecule has 1 amide bonds. The van der Waals surface area contributed by atoms with E-state index in [9.17, 15) is 4.79 Å². The van der Waals surface area contributed by atoms with E-state index in [-0.39, 0.29) is 6.04 Å². The van der Waals surface area contributed by atoms with E-state index in [1.807, 2.05) is 18.2 Å². The summed E-state index contributed by atoms with van der Waals surface area (Å²) >= 11 is 0. The van der Waals surface area contributed by atoms with Gasteiger partial charge >= 0.3 is 0 Å². The van der Waals surface area contributed by atoms with Gasteiger partial charge in [0.2, 0.25) is 6.41 Å². The molecule has 1 aromatic carbocycles. The Labute approximate surface area is 126 Å². The first kappa shape index (κ1) is 15.4. The quantitative estimate of drug-likeness (QED) is 0.666. The third-order valence-electron chi connectivity index (χ3n) is 3.41. The van der Waals surface area contributed by atoms with Crippen LogP contribution >= 0.6 is 0 Å². The molecule has 0 radical (unpaired) electrons. The van der Waals surface area contributed by atoms with Crippen LogP contribution in [0, 0.1) is 11.8 Å². The molecular formula is C17H22N2O2. The maximum absolute atomic E-state index is 11.0. The molecular weight excluding hydrogens is 264 g/mol. The Morgan fingerprint density at radius 2 is 2.38 bits per heavy atom. The number of hydrogen-bond donors (Lipinski definition) is 1. The van der Waals surface area contributed by atoms with Gasteiger partial charge in [0.1, 0.15) is 5.75 Å². The Hall–Kier alpha value is -1.99. The van der Waals surface area contributed by atoms with E-state index in [0.29, 0.717) is 6.61 Å². The fourth-order valence-electron chi connectivity index (χ4n) is 2.24. The lowest BCUT2D eigenvalue weighted by atomic mass is 10.1. The van der Waals surface area contributed by atoms with Crippen LogP contribution in [0.1, 0.15) is 31.7 Å². The summed E-state index contributed by atoms with van der Waals surface area (Å²) in [5.74, 6) is 7.13. The van der Waals surface area contributed by atoms with E-state index in [0.717, 1.165) is 42.8 Å². The van der Waals surface area contributed by atoms with Crippen LogP contribution in [0.15, 0.2) is 18.2 Å². The standard InChI is InChI=1S/C17H22N2O2/c1-3-11-21-17-9-7-14(12-16(17)19(2)13-20)6-8-15-5-4-10-18-15/h7,9,12-13,15,18H,3-5,10-11H2,1-2H3. The molecule has 0 saturated carbocycles. The molecule has 1 aliphatic rings. The van der Waals surface area contributed by atoms with Crippen molar-refractivity contribution in [1.82, 2.24) is 5.32 Å². The van der Waals surface area contributed by atoms with Crippen LogP contribution in [0.2, 0.25) is 0 Å². The van der Waals surface area contributed by atoms with E-state index in [4.69, 9.17) is 4.74 Å². The minimum absolute atomic E-state index is 0.285. The topological polar surface area (TPSA) is 41.6 Å². The molecule has 1 heterocycles. The molecule has 0 aromatic heterocycles. The second-order valence-corrected chi connectivity index (χ2v) is 5.17. The summed E-state index contributed by atoms with van der Waals surface area (Å²) in [6.45, 7) is 3.73. The molecule has 2 rings (SSSR count). The molecule has 1 saturated heterocycles. The Balaban J connectivity index is 2.20. The number of nitrogens with zero attached hydrogens (tertiary/aromatic N) is 1. The van der Waals surface area contributed by atoms with Crippen LogP contribution in [0.25, 0.3) is 0 Å². The number of ether oxygens (including phenoxy) is 1. The van der Waals surface area contributed by atoms with E-state index in [1.54, 1.807) is 7.05 Å². The zero-order chi connectivity index (χ0) is 15.1. The van der Waals surface area contributed by atoms with Crippen molar-refractivity contribution in [3.8, 4) is 17.6 Å². The van der Waals surface area contributed by atoms with E-state index in [2.05, 4.69) is 24.1 Å². The van der Waals surface area contributed by atoms with Crippen LogP contribution in [0.3, 0.4) is 0 Å². The minimum Gasteiger partial charge on any atom is -0.491 e. The van der Waals surface area contributed by atoms with E-state index >= 15 is 0 Å². The average molecular weight is 286 g/mol. The molecule has 1 atom stereocenters. The number of nitrogens with one attached hydrogen (secondary N) is 1. The third kappa shape index (κ3) is 4.24. The SMILES string of the molecule is CCCOc1ccc(C#CC2CCCN2)cc1N(C)C=O. The van der Waals surface area contributed by atoms with Crippen LogP contribution in [-0.4, -0.2) is 32.7 Å². The summed E-state index contributed by atoms with van der Waals surface area (Å²) in [5.41, 5.74) is 1.65. The highest BCUT2D eigenvalue weighted by atomic mass is 16.5. The summed E-state index contributed by atoms with van der Waals surface area (Å²) in [5, 5.41) is 3.35. The summed E-state index contributed by atoms with van der Waals surface area (Å²) in [4.78, 5) is 12.6. The predicted molar refractivity (Wildman–Crippen MR) is 84.6 cm³/mol. The van der Waals surface area contributed by atoms with Gasteiger partial charge in [-0.2, -0.15) is 0 Å². The molecule has 112 valence electrons. The molecule has 0 bridgehead atoms. The van der Waals surface area contributed by atoms with Crippen LogP contribution in [0.5, 0.6) is 5.75 Å². The molecule has 4 heteroatoms. The van der Waals surface area contributed by atoms with Gasteiger partial charge in [0.05, 0.1) is 18.3 Å². The second-order valence-electron chi connectivity index (χ2n) is 5.17. The van der Waals surface area contributed by atoms with Gasteiger partial charge in [-0.05, 0) is 44.0 Å². The monoisotopic (exact) mass is 286 g/mol. The van der Waals surface area contributed by atoms with Crippen molar-refractivity contribution in [2.24, 2.45) is 0 Å². The van der Waals surface area contributed by atoms with Crippen molar-refractivity contribution >= 4 is 12.1 Å². The largest absolute Gasteiger partial charge is 0.491 e. The molecule has 1 N–H and O–H groups in total. The molecule has 1 fully saturated rings. The Morgan fingerprint density at radius 1 is 1.52 bits per heavy atom. The van der Waals surface area contributed by atoms with Crippen LogP contribution in [0.4, 0.5) is 5.69 Å². The van der Waals surface area contributed by atoms with Crippen LogP contribution in [-0.2, 0) is 4.79 Å². The molecule has 0 aliphatic carbocycles. The zero-order valence-corrected chi connectivity index (χ0v) is 12.7. The molecule has 1 aliphatic heterocycles. The van der Waals surface area contributed by atoms with E-state index in [1.165, 1.54) is 11.3 Å². The molecule has 1 unspecified atom stereocenters. The molecule has 4 nitrogen and oxygen atoms in total. The molecule has 1 aromatic rings. The van der Waals surface area contributed by atoms with E-state index < -0.39 is 0 Å². The first-order chi connectivity index (χ1) is 10.2. The lowest BCUT2D eigenvalue weighted by Crippen LogP contribution is -2.18. The highest BCUT2D eigenvalue weighted by molar-refractivity contribution is 5.79. The summed E-state index contributed by atoms with van der Waals surface area (Å²) in [6, 6.07) is 6.02. The lowest BCUT2D eigenvalue weighted by Gasteiger charge is -2.16. The van der Waals surface area contributed by atoms with Crippen molar-refractivity contribution < 1.29 is 9.53 Å². The highest BCUT2D eigenvalue weighted by Gasteiger charge is 2.11. The number of anilines is 1. The average Bonchev–Trinajstić information content (AvgIpc) is 3.04. The first-order valence-corrected chi connectivity index (χ1v) is 7.44. The van der Waals surface area contributed by atoms with Gasteiger partial charge in [0.15, 0.2) is 0 Å². The number of carbonyl (C=O) groups is 1. The second kappa shape index (κ2) is 7.70. The van der Waals surface area contributed by atoms with Crippen molar-refractivity contribution in [2.45, 2.75) is 32.2 Å². The third-order valence-corrected chi connectivity index (χ3v) is 3.41. The predicted octanol–water partition coefficient (Wildman–Crippen LogP) is 2.17. The fraction of sp³-hybridized carbons (Fsp3) is 0.471. The van der Waals surface area contributed by atoms with Gasteiger partial charge in [-0.3, -0.25) is 4.79 Å². The summed E-state index contributed by atoms with van der Waals surface area (Å²) in [7, 11) is 1.72. The number of carbonyl (C=O) groups excluding carboxylic acids is 1. The smallest absolute Gasteiger partial charge is 0.213 e. The van der Waals surface area contributed by atoms with Gasteiger partial charge in [0, 0.05) is 12.6 Å². The van der Waals surface area contributed by atoms with Crippen molar-refractivity contribution in [1.29, 1.82) is 0 Å². The summed E-state index contributed by atoms with van der Waals surface area (Å²) in [6.07, 6.45) is 4.00. The number of benzene rings is 1. The Bertz CT molecular complexity index is 539. The van der Waals surface area contributed by atoms with Gasteiger partial charge in [-0.15, -0.1) is 0 Å².